The maximum Gasteiger partial charge on any atom is 0.292 e. The molecule has 1 aliphatic carbocycles. The van der Waals surface area contributed by atoms with Gasteiger partial charge in [-0.25, -0.2) is 4.39 Å². The lowest BCUT2D eigenvalue weighted by Gasteiger charge is -2.32. The first-order chi connectivity index (χ1) is 14.1. The Kier molecular flexibility index (Phi) is 4.56. The second-order valence-corrected chi connectivity index (χ2v) is 8.01. The predicted molar refractivity (Wildman–Crippen MR) is 105 cm³/mol. The molecule has 1 saturated carbocycles. The summed E-state index contributed by atoms with van der Waals surface area (Å²) in [6.07, 6.45) is 3.57. The number of benzene rings is 2. The molecule has 5 rings (SSSR count). The normalized spacial score (nSPS) is 20.2. The number of halogens is 1. The molecule has 6 heteroatoms. The van der Waals surface area contributed by atoms with E-state index in [1.54, 1.807) is 13.2 Å². The van der Waals surface area contributed by atoms with Gasteiger partial charge < -0.3 is 19.1 Å². The second kappa shape index (κ2) is 7.11. The minimum absolute atomic E-state index is 0.125. The van der Waals surface area contributed by atoms with Crippen molar-refractivity contribution in [1.82, 2.24) is 0 Å². The van der Waals surface area contributed by atoms with E-state index in [-0.39, 0.29) is 11.7 Å². The van der Waals surface area contributed by atoms with E-state index < -0.39 is 5.79 Å². The first kappa shape index (κ1) is 18.6. The third-order valence-corrected chi connectivity index (χ3v) is 5.91. The van der Waals surface area contributed by atoms with Crippen molar-refractivity contribution in [2.24, 2.45) is 5.92 Å². The summed E-state index contributed by atoms with van der Waals surface area (Å²) >= 11 is 0. The third-order valence-electron chi connectivity index (χ3n) is 5.91. The summed E-state index contributed by atoms with van der Waals surface area (Å²) in [5, 5.41) is 0. The maximum absolute atomic E-state index is 13.8. The smallest absolute Gasteiger partial charge is 0.292 e. The fourth-order valence-corrected chi connectivity index (χ4v) is 4.25. The molecule has 2 heterocycles. The monoisotopic (exact) mass is 397 g/mol. The van der Waals surface area contributed by atoms with Crippen molar-refractivity contribution in [3.63, 3.8) is 0 Å². The first-order valence-electron chi connectivity index (χ1n) is 10.2. The molecule has 0 unspecified atom stereocenters. The van der Waals surface area contributed by atoms with Gasteiger partial charge in [0.15, 0.2) is 0 Å². The predicted octanol–water partition coefficient (Wildman–Crippen LogP) is 3.77. The Hall–Kier alpha value is -2.44. The number of ether oxygens (including phenoxy) is 3. The fourth-order valence-electron chi connectivity index (χ4n) is 4.25. The van der Waals surface area contributed by atoms with Crippen LogP contribution in [-0.4, -0.2) is 32.8 Å². The third kappa shape index (κ3) is 3.20. The van der Waals surface area contributed by atoms with Gasteiger partial charge in [-0.1, -0.05) is 6.07 Å². The quantitative estimate of drug-likeness (QED) is 0.771. The lowest BCUT2D eigenvalue weighted by molar-refractivity contribution is -0.256. The Morgan fingerprint density at radius 3 is 2.69 bits per heavy atom. The number of rotatable bonds is 5. The van der Waals surface area contributed by atoms with Gasteiger partial charge in [-0.2, -0.15) is 0 Å². The van der Waals surface area contributed by atoms with Crippen LogP contribution in [0.15, 0.2) is 36.4 Å². The molecule has 3 aliphatic rings. The van der Waals surface area contributed by atoms with Crippen LogP contribution in [0, 0.1) is 11.7 Å². The summed E-state index contributed by atoms with van der Waals surface area (Å²) in [7, 11) is 1.58. The zero-order valence-electron chi connectivity index (χ0n) is 16.4. The lowest BCUT2D eigenvalue weighted by atomic mass is 9.98. The summed E-state index contributed by atoms with van der Waals surface area (Å²) < 4.78 is 31.1. The van der Waals surface area contributed by atoms with Crippen LogP contribution >= 0.6 is 0 Å². The van der Waals surface area contributed by atoms with Crippen LogP contribution in [0.3, 0.4) is 0 Å². The molecular formula is C23H24FNO4. The zero-order valence-corrected chi connectivity index (χ0v) is 16.4. The standard InChI is InChI=1S/C23H24FNO4/c1-27-21-8-6-18(24)13-17(21)11-16-5-7-20-19(12-16)23(28-9-2-10-29-23)22(26)25(20)14-15-3-4-15/h5-8,12-13,15H,2-4,9-11,14H2,1H3. The van der Waals surface area contributed by atoms with Crippen molar-refractivity contribution in [3.05, 3.63) is 58.9 Å². The highest BCUT2D eigenvalue weighted by Gasteiger charge is 2.55. The molecule has 2 aromatic rings. The van der Waals surface area contributed by atoms with Gasteiger partial charge in [0.05, 0.1) is 26.0 Å². The molecule has 152 valence electrons. The van der Waals surface area contributed by atoms with Gasteiger partial charge in [0, 0.05) is 24.1 Å². The molecule has 0 radical (unpaired) electrons. The van der Waals surface area contributed by atoms with E-state index in [1.165, 1.54) is 12.1 Å². The Labute approximate surface area is 169 Å². The molecule has 1 spiro atoms. The van der Waals surface area contributed by atoms with Gasteiger partial charge >= 0.3 is 0 Å². The van der Waals surface area contributed by atoms with Crippen LogP contribution in [0.1, 0.15) is 36.0 Å². The van der Waals surface area contributed by atoms with Crippen LogP contribution in [0.25, 0.3) is 0 Å². The highest BCUT2D eigenvalue weighted by molar-refractivity contribution is 6.06. The minimum atomic E-state index is -1.34. The van der Waals surface area contributed by atoms with Crippen molar-refractivity contribution in [1.29, 1.82) is 0 Å². The molecule has 2 aromatic carbocycles. The zero-order chi connectivity index (χ0) is 20.0. The molecule has 1 amide bonds. The van der Waals surface area contributed by atoms with Crippen LogP contribution in [0.4, 0.5) is 10.1 Å². The van der Waals surface area contributed by atoms with Crippen molar-refractivity contribution >= 4 is 11.6 Å². The molecule has 29 heavy (non-hydrogen) atoms. The van der Waals surface area contributed by atoms with Crippen LogP contribution in [0.5, 0.6) is 5.75 Å². The number of anilines is 1. The summed E-state index contributed by atoms with van der Waals surface area (Å²) in [6.45, 7) is 1.69. The number of carbonyl (C=O) groups excluding carboxylic acids is 1. The largest absolute Gasteiger partial charge is 0.496 e. The molecule has 0 aromatic heterocycles. The Bertz CT molecular complexity index is 950. The van der Waals surface area contributed by atoms with E-state index in [0.717, 1.165) is 41.6 Å². The number of nitrogens with zero attached hydrogens (tertiary/aromatic N) is 1. The average molecular weight is 397 g/mol. The first-order valence-corrected chi connectivity index (χ1v) is 10.2. The fraction of sp³-hybridized carbons (Fsp3) is 0.435. The molecular weight excluding hydrogens is 373 g/mol. The summed E-state index contributed by atoms with van der Waals surface area (Å²) in [5.74, 6) is -0.576. The number of hydrogen-bond donors (Lipinski definition) is 0. The Morgan fingerprint density at radius 2 is 1.97 bits per heavy atom. The van der Waals surface area contributed by atoms with Crippen molar-refractivity contribution in [3.8, 4) is 5.75 Å². The number of carbonyl (C=O) groups is 1. The molecule has 0 atom stereocenters. The Morgan fingerprint density at radius 1 is 1.17 bits per heavy atom. The van der Waals surface area contributed by atoms with Crippen molar-refractivity contribution in [2.45, 2.75) is 31.5 Å². The lowest BCUT2D eigenvalue weighted by Crippen LogP contribution is -2.47. The number of hydrogen-bond acceptors (Lipinski definition) is 4. The van der Waals surface area contributed by atoms with E-state index in [9.17, 15) is 9.18 Å². The molecule has 1 saturated heterocycles. The highest BCUT2D eigenvalue weighted by Crippen LogP contribution is 2.47. The van der Waals surface area contributed by atoms with Gasteiger partial charge in [0.2, 0.25) is 0 Å². The summed E-state index contributed by atoms with van der Waals surface area (Å²) in [6, 6.07) is 10.4. The van der Waals surface area contributed by atoms with Crippen molar-refractivity contribution in [2.75, 3.05) is 31.8 Å². The average Bonchev–Trinajstić information content (AvgIpc) is 3.53. The van der Waals surface area contributed by atoms with Gasteiger partial charge in [0.1, 0.15) is 11.6 Å². The highest BCUT2D eigenvalue weighted by atomic mass is 19.1. The van der Waals surface area contributed by atoms with Crippen LogP contribution < -0.4 is 9.64 Å². The van der Waals surface area contributed by atoms with Gasteiger partial charge in [-0.05, 0) is 61.1 Å². The molecule has 2 fully saturated rings. The van der Waals surface area contributed by atoms with E-state index in [1.807, 2.05) is 23.1 Å². The molecule has 5 nitrogen and oxygen atoms in total. The number of fused-ring (bicyclic) bond motifs is 2. The second-order valence-electron chi connectivity index (χ2n) is 8.01. The minimum Gasteiger partial charge on any atom is -0.496 e. The number of amides is 1. The van der Waals surface area contributed by atoms with Crippen LogP contribution in [0.2, 0.25) is 0 Å². The summed E-state index contributed by atoms with van der Waals surface area (Å²) in [5.41, 5.74) is 3.33. The van der Waals surface area contributed by atoms with E-state index in [2.05, 4.69) is 0 Å². The van der Waals surface area contributed by atoms with Gasteiger partial charge in [0.25, 0.3) is 11.7 Å². The maximum atomic E-state index is 13.8. The van der Waals surface area contributed by atoms with E-state index in [4.69, 9.17) is 14.2 Å². The topological polar surface area (TPSA) is 48.0 Å². The molecule has 0 N–H and O–H groups in total. The van der Waals surface area contributed by atoms with E-state index >= 15 is 0 Å². The van der Waals surface area contributed by atoms with Gasteiger partial charge in [-0.3, -0.25) is 4.79 Å². The summed E-state index contributed by atoms with van der Waals surface area (Å²) in [4.78, 5) is 15.1. The molecule has 0 bridgehead atoms. The molecule has 2 aliphatic heterocycles. The Balaban J connectivity index is 1.53. The van der Waals surface area contributed by atoms with Crippen molar-refractivity contribution < 1.29 is 23.4 Å². The number of methoxy groups -OCH3 is 1. The van der Waals surface area contributed by atoms with E-state index in [0.29, 0.717) is 37.8 Å². The van der Waals surface area contributed by atoms with Crippen LogP contribution in [-0.2, 0) is 26.5 Å². The van der Waals surface area contributed by atoms with Gasteiger partial charge in [-0.15, -0.1) is 0 Å². The SMILES string of the molecule is COc1ccc(F)cc1Cc1ccc2c(c1)C1(OCCCO1)C(=O)N2CC1CC1.